The molecule has 1 unspecified atom stereocenters. The van der Waals surface area contributed by atoms with Crippen molar-refractivity contribution in [2.45, 2.75) is 18.4 Å². The predicted molar refractivity (Wildman–Crippen MR) is 88.2 cm³/mol. The Morgan fingerprint density at radius 2 is 1.79 bits per heavy atom. The molecule has 0 aliphatic carbocycles. The lowest BCUT2D eigenvalue weighted by atomic mass is 9.92. The Morgan fingerprint density at radius 1 is 1.12 bits per heavy atom. The minimum Gasteiger partial charge on any atom is -0.478 e. The molecule has 6 heteroatoms. The first-order chi connectivity index (χ1) is 11.6. The Kier molecular flexibility index (Phi) is 4.51. The van der Waals surface area contributed by atoms with Crippen molar-refractivity contribution in [3.63, 3.8) is 0 Å². The van der Waals surface area contributed by atoms with Crippen molar-refractivity contribution in [2.24, 2.45) is 0 Å². The second kappa shape index (κ2) is 6.59. The molecule has 0 spiro atoms. The van der Waals surface area contributed by atoms with Gasteiger partial charge in [-0.1, -0.05) is 24.3 Å². The number of ether oxygens (including phenoxy) is 1. The van der Waals surface area contributed by atoms with Crippen LogP contribution in [0.25, 0.3) is 10.8 Å². The van der Waals surface area contributed by atoms with Crippen LogP contribution < -0.4 is 5.32 Å². The van der Waals surface area contributed by atoms with Crippen LogP contribution in [0, 0.1) is 0 Å². The van der Waals surface area contributed by atoms with Gasteiger partial charge in [0.1, 0.15) is 0 Å². The summed E-state index contributed by atoms with van der Waals surface area (Å²) in [5, 5.41) is 23.0. The van der Waals surface area contributed by atoms with Gasteiger partial charge in [0.05, 0.1) is 24.3 Å². The topological polar surface area (TPSA) is 95.9 Å². The lowest BCUT2D eigenvalue weighted by Gasteiger charge is -2.36. The molecule has 0 aromatic heterocycles. The average molecular weight is 329 g/mol. The average Bonchev–Trinajstić information content (AvgIpc) is 2.61. The van der Waals surface area contributed by atoms with Crippen LogP contribution in [-0.4, -0.2) is 47.4 Å². The summed E-state index contributed by atoms with van der Waals surface area (Å²) in [4.78, 5) is 24.1. The van der Waals surface area contributed by atoms with Gasteiger partial charge in [-0.15, -0.1) is 0 Å². The maximum absolute atomic E-state index is 12.7. The molecule has 3 N–H and O–H groups in total. The Balaban J connectivity index is 1.98. The van der Waals surface area contributed by atoms with Gasteiger partial charge in [-0.3, -0.25) is 4.79 Å². The number of nitrogens with one attached hydrogen (secondary N) is 1. The van der Waals surface area contributed by atoms with E-state index in [2.05, 4.69) is 5.32 Å². The van der Waals surface area contributed by atoms with E-state index in [9.17, 15) is 19.8 Å². The van der Waals surface area contributed by atoms with Crippen molar-refractivity contribution in [2.75, 3.05) is 19.8 Å². The second-order valence-electron chi connectivity index (χ2n) is 6.06. The Labute approximate surface area is 139 Å². The fraction of sp³-hybridized carbons (Fsp3) is 0.333. The van der Waals surface area contributed by atoms with Gasteiger partial charge in [-0.25, -0.2) is 4.79 Å². The third-order valence-electron chi connectivity index (χ3n) is 4.40. The van der Waals surface area contributed by atoms with E-state index in [1.165, 1.54) is 6.07 Å². The van der Waals surface area contributed by atoms with Crippen molar-refractivity contribution >= 4 is 22.6 Å². The predicted octanol–water partition coefficient (Wildman–Crippen LogP) is 1.81. The number of rotatable bonds is 4. The quantitative estimate of drug-likeness (QED) is 0.795. The van der Waals surface area contributed by atoms with Crippen molar-refractivity contribution in [3.8, 4) is 0 Å². The van der Waals surface area contributed by atoms with Crippen LogP contribution >= 0.6 is 0 Å². The summed E-state index contributed by atoms with van der Waals surface area (Å²) in [6.45, 7) is 0.679. The van der Waals surface area contributed by atoms with Crippen molar-refractivity contribution in [1.29, 1.82) is 0 Å². The summed E-state index contributed by atoms with van der Waals surface area (Å²) >= 11 is 0. The van der Waals surface area contributed by atoms with E-state index in [0.717, 1.165) is 6.42 Å². The van der Waals surface area contributed by atoms with E-state index < -0.39 is 11.5 Å². The zero-order chi connectivity index (χ0) is 17.2. The number of carbonyl (C=O) groups excluding carboxylic acids is 1. The van der Waals surface area contributed by atoms with E-state index in [4.69, 9.17) is 4.74 Å². The van der Waals surface area contributed by atoms with Gasteiger partial charge in [0.2, 0.25) is 0 Å². The molecule has 0 bridgehead atoms. The largest absolute Gasteiger partial charge is 0.478 e. The normalized spacial score (nSPS) is 20.7. The molecule has 1 fully saturated rings. The summed E-state index contributed by atoms with van der Waals surface area (Å²) in [6.07, 6.45) is 1.40. The first kappa shape index (κ1) is 16.4. The minimum atomic E-state index is -1.04. The summed E-state index contributed by atoms with van der Waals surface area (Å²) in [7, 11) is 0. The maximum atomic E-state index is 12.7. The number of hydrogen-bond acceptors (Lipinski definition) is 4. The van der Waals surface area contributed by atoms with Crippen LogP contribution in [0.1, 0.15) is 33.6 Å². The fourth-order valence-electron chi connectivity index (χ4n) is 3.12. The van der Waals surface area contributed by atoms with Gasteiger partial charge in [-0.2, -0.15) is 0 Å². The molecule has 1 heterocycles. The zero-order valence-corrected chi connectivity index (χ0v) is 13.1. The number of aliphatic hydroxyl groups is 1. The molecule has 2 aromatic rings. The van der Waals surface area contributed by atoms with E-state index in [1.54, 1.807) is 30.3 Å². The van der Waals surface area contributed by atoms with Gasteiger partial charge in [-0.05, 0) is 35.7 Å². The van der Waals surface area contributed by atoms with Crippen LogP contribution in [0.5, 0.6) is 0 Å². The van der Waals surface area contributed by atoms with E-state index in [0.29, 0.717) is 29.4 Å². The molecule has 1 saturated heterocycles. The lowest BCUT2D eigenvalue weighted by molar-refractivity contribution is -0.00535. The number of benzene rings is 2. The monoisotopic (exact) mass is 329 g/mol. The number of carboxylic acid groups (broad SMARTS) is 1. The number of aliphatic hydroxyl groups excluding tert-OH is 1. The number of hydrogen-bond donors (Lipinski definition) is 3. The van der Waals surface area contributed by atoms with Crippen LogP contribution in [0.2, 0.25) is 0 Å². The molecule has 1 aliphatic heterocycles. The number of carbonyl (C=O) groups is 2. The van der Waals surface area contributed by atoms with Gasteiger partial charge < -0.3 is 20.3 Å². The highest BCUT2D eigenvalue weighted by molar-refractivity contribution is 6.12. The van der Waals surface area contributed by atoms with Crippen LogP contribution in [0.3, 0.4) is 0 Å². The highest BCUT2D eigenvalue weighted by Crippen LogP contribution is 2.25. The third-order valence-corrected chi connectivity index (χ3v) is 4.40. The van der Waals surface area contributed by atoms with Crippen LogP contribution in [0.4, 0.5) is 0 Å². The van der Waals surface area contributed by atoms with E-state index in [1.807, 2.05) is 0 Å². The smallest absolute Gasteiger partial charge is 0.336 e. The summed E-state index contributed by atoms with van der Waals surface area (Å²) in [5.41, 5.74) is -0.254. The molecular weight excluding hydrogens is 310 g/mol. The summed E-state index contributed by atoms with van der Waals surface area (Å²) in [6, 6.07) is 9.84. The zero-order valence-electron chi connectivity index (χ0n) is 13.1. The lowest BCUT2D eigenvalue weighted by Crippen LogP contribution is -2.56. The number of amides is 1. The second-order valence-corrected chi connectivity index (χ2v) is 6.06. The minimum absolute atomic E-state index is 0.153. The van der Waals surface area contributed by atoms with Gasteiger partial charge in [0.15, 0.2) is 0 Å². The molecule has 1 atom stereocenters. The highest BCUT2D eigenvalue weighted by atomic mass is 16.5. The van der Waals surface area contributed by atoms with Crippen molar-refractivity contribution in [1.82, 2.24) is 5.32 Å². The summed E-state index contributed by atoms with van der Waals surface area (Å²) < 4.78 is 5.40. The summed E-state index contributed by atoms with van der Waals surface area (Å²) in [5.74, 6) is -1.38. The molecule has 126 valence electrons. The third kappa shape index (κ3) is 2.98. The molecule has 0 saturated carbocycles. The van der Waals surface area contributed by atoms with Gasteiger partial charge in [0.25, 0.3) is 5.91 Å². The molecule has 0 radical (unpaired) electrons. The molecule has 2 aromatic carbocycles. The fourth-order valence-corrected chi connectivity index (χ4v) is 3.12. The Hall–Kier alpha value is -2.44. The first-order valence-electron chi connectivity index (χ1n) is 7.82. The molecule has 1 amide bonds. The number of aromatic carboxylic acids is 1. The Morgan fingerprint density at radius 3 is 2.38 bits per heavy atom. The molecular formula is C18H19NO5. The van der Waals surface area contributed by atoms with Gasteiger partial charge in [0, 0.05) is 12.2 Å². The first-order valence-corrected chi connectivity index (χ1v) is 7.82. The Bertz CT molecular complexity index is 780. The number of fused-ring (bicyclic) bond motifs is 1. The highest BCUT2D eigenvalue weighted by Gasteiger charge is 2.34. The molecule has 6 nitrogen and oxygen atoms in total. The molecule has 1 aliphatic rings. The van der Waals surface area contributed by atoms with E-state index >= 15 is 0 Å². The van der Waals surface area contributed by atoms with Gasteiger partial charge >= 0.3 is 5.97 Å². The van der Waals surface area contributed by atoms with Crippen molar-refractivity contribution < 1.29 is 24.5 Å². The van der Waals surface area contributed by atoms with Crippen LogP contribution in [0.15, 0.2) is 36.4 Å². The molecule has 24 heavy (non-hydrogen) atoms. The standard InChI is InChI=1S/C18H19NO5/c20-10-18(8-3-9-24-11-18)19-16(21)14-6-1-5-13-12(14)4-2-7-15(13)17(22)23/h1-2,4-7,20H,3,8-11H2,(H,19,21)(H,22,23). The maximum Gasteiger partial charge on any atom is 0.336 e. The number of carboxylic acids is 1. The van der Waals surface area contributed by atoms with Crippen LogP contribution in [-0.2, 0) is 4.74 Å². The SMILES string of the molecule is O=C(O)c1cccc2c(C(=O)NC3(CO)CCCOC3)cccc12. The van der Waals surface area contributed by atoms with Crippen molar-refractivity contribution in [3.05, 3.63) is 47.5 Å². The molecule has 3 rings (SSSR count). The van der Waals surface area contributed by atoms with E-state index in [-0.39, 0.29) is 24.7 Å².